The second-order valence-electron chi connectivity index (χ2n) is 6.49. The molecule has 1 atom stereocenters. The summed E-state index contributed by atoms with van der Waals surface area (Å²) in [5, 5.41) is 3.92. The maximum atomic E-state index is 13.5. The van der Waals surface area contributed by atoms with Crippen LogP contribution in [0.15, 0.2) is 51.9 Å². The molecular weight excluding hydrogens is 420 g/mol. The van der Waals surface area contributed by atoms with Crippen LogP contribution in [0.5, 0.6) is 5.75 Å². The van der Waals surface area contributed by atoms with Gasteiger partial charge in [0.2, 0.25) is 15.8 Å². The molecule has 8 nitrogen and oxygen atoms in total. The van der Waals surface area contributed by atoms with Gasteiger partial charge in [-0.25, -0.2) is 17.2 Å². The minimum atomic E-state index is -4.06. The lowest BCUT2D eigenvalue weighted by atomic mass is 10.2. The Hall–Kier alpha value is -2.89. The standard InChI is InChI=1S/C19H17F2N3O5S/c1-27-13-4-2-3-12(9-13)18-22-19(29-23-18)17-11-24(7-8-28-17)30(25,26)14-5-6-15(20)16(21)10-14/h2-6,9-10,17H,7-8,11H2,1H3/t17-/m1/s1. The summed E-state index contributed by atoms with van der Waals surface area (Å²) in [6.45, 7) is 0.0141. The number of benzene rings is 2. The average Bonchev–Trinajstić information content (AvgIpc) is 3.26. The number of nitrogens with zero attached hydrogens (tertiary/aromatic N) is 3. The lowest BCUT2D eigenvalue weighted by molar-refractivity contribution is -0.0199. The molecule has 1 aliphatic heterocycles. The molecular formula is C19H17F2N3O5S. The van der Waals surface area contributed by atoms with Crippen molar-refractivity contribution in [3.63, 3.8) is 0 Å². The van der Waals surface area contributed by atoms with E-state index >= 15 is 0 Å². The quantitative estimate of drug-likeness (QED) is 0.606. The van der Waals surface area contributed by atoms with Crippen molar-refractivity contribution in [3.05, 3.63) is 60.0 Å². The molecule has 1 fully saturated rings. The predicted molar refractivity (Wildman–Crippen MR) is 100 cm³/mol. The number of hydrogen-bond donors (Lipinski definition) is 0. The van der Waals surface area contributed by atoms with Gasteiger partial charge in [-0.05, 0) is 30.3 Å². The van der Waals surface area contributed by atoms with Gasteiger partial charge in [0.25, 0.3) is 5.89 Å². The Morgan fingerprint density at radius 1 is 1.17 bits per heavy atom. The summed E-state index contributed by atoms with van der Waals surface area (Å²) >= 11 is 0. The van der Waals surface area contributed by atoms with Gasteiger partial charge in [-0.1, -0.05) is 17.3 Å². The van der Waals surface area contributed by atoms with E-state index in [0.717, 1.165) is 16.4 Å². The highest BCUT2D eigenvalue weighted by molar-refractivity contribution is 7.89. The number of sulfonamides is 1. The molecule has 0 aliphatic carbocycles. The Kier molecular flexibility index (Phi) is 5.50. The molecule has 2 heterocycles. The van der Waals surface area contributed by atoms with Crippen molar-refractivity contribution in [1.29, 1.82) is 0 Å². The van der Waals surface area contributed by atoms with Crippen molar-refractivity contribution in [3.8, 4) is 17.1 Å². The van der Waals surface area contributed by atoms with Gasteiger partial charge in [0.05, 0.1) is 18.6 Å². The van der Waals surface area contributed by atoms with Crippen LogP contribution in [0, 0.1) is 11.6 Å². The summed E-state index contributed by atoms with van der Waals surface area (Å²) < 4.78 is 69.5. The lowest BCUT2D eigenvalue weighted by Crippen LogP contribution is -2.42. The van der Waals surface area contributed by atoms with Crippen LogP contribution in [0.25, 0.3) is 11.4 Å². The normalized spacial score (nSPS) is 17.8. The maximum absolute atomic E-state index is 13.5. The number of rotatable bonds is 5. The molecule has 0 saturated carbocycles. The van der Waals surface area contributed by atoms with Crippen LogP contribution in [0.1, 0.15) is 12.0 Å². The summed E-state index contributed by atoms with van der Waals surface area (Å²) in [6.07, 6.45) is -0.800. The number of halogens is 2. The number of aromatic nitrogens is 2. The predicted octanol–water partition coefficient (Wildman–Crippen LogP) is 2.79. The number of methoxy groups -OCH3 is 1. The van der Waals surface area contributed by atoms with Crippen molar-refractivity contribution in [2.24, 2.45) is 0 Å². The Morgan fingerprint density at radius 2 is 2.00 bits per heavy atom. The van der Waals surface area contributed by atoms with Crippen LogP contribution in [-0.4, -0.2) is 49.7 Å². The van der Waals surface area contributed by atoms with E-state index in [1.165, 1.54) is 0 Å². The molecule has 0 spiro atoms. The first-order valence-electron chi connectivity index (χ1n) is 8.93. The van der Waals surface area contributed by atoms with Gasteiger partial charge in [0, 0.05) is 18.7 Å². The van der Waals surface area contributed by atoms with Crippen molar-refractivity contribution in [2.45, 2.75) is 11.0 Å². The molecule has 1 aliphatic rings. The minimum absolute atomic E-state index is 0.0503. The van der Waals surface area contributed by atoms with Gasteiger partial charge in [-0.15, -0.1) is 0 Å². The number of morpholine rings is 1. The summed E-state index contributed by atoms with van der Waals surface area (Å²) in [5.41, 5.74) is 0.659. The highest BCUT2D eigenvalue weighted by Crippen LogP contribution is 2.28. The lowest BCUT2D eigenvalue weighted by Gasteiger charge is -2.30. The Labute approximate surface area is 171 Å². The largest absolute Gasteiger partial charge is 0.497 e. The third kappa shape index (κ3) is 3.91. The molecule has 0 unspecified atom stereocenters. The zero-order valence-electron chi connectivity index (χ0n) is 15.8. The minimum Gasteiger partial charge on any atom is -0.497 e. The van der Waals surface area contributed by atoms with E-state index in [2.05, 4.69) is 10.1 Å². The van der Waals surface area contributed by atoms with E-state index in [0.29, 0.717) is 23.2 Å². The first-order valence-corrected chi connectivity index (χ1v) is 10.4. The van der Waals surface area contributed by atoms with Gasteiger partial charge >= 0.3 is 0 Å². The molecule has 0 bridgehead atoms. The number of ether oxygens (including phenoxy) is 2. The van der Waals surface area contributed by atoms with Gasteiger partial charge in [0.15, 0.2) is 17.7 Å². The Balaban J connectivity index is 1.55. The molecule has 1 aromatic heterocycles. The smallest absolute Gasteiger partial charge is 0.257 e. The molecule has 158 valence electrons. The fraction of sp³-hybridized carbons (Fsp3) is 0.263. The average molecular weight is 437 g/mol. The van der Waals surface area contributed by atoms with Crippen molar-refractivity contribution < 1.29 is 31.2 Å². The van der Waals surface area contributed by atoms with E-state index < -0.39 is 27.8 Å². The summed E-state index contributed by atoms with van der Waals surface area (Å²) in [6, 6.07) is 9.51. The zero-order chi connectivity index (χ0) is 21.3. The van der Waals surface area contributed by atoms with Crippen molar-refractivity contribution >= 4 is 10.0 Å². The number of hydrogen-bond acceptors (Lipinski definition) is 7. The Morgan fingerprint density at radius 3 is 2.77 bits per heavy atom. The molecule has 0 amide bonds. The van der Waals surface area contributed by atoms with Crippen LogP contribution < -0.4 is 4.74 Å². The van der Waals surface area contributed by atoms with Crippen LogP contribution in [0.3, 0.4) is 0 Å². The second kappa shape index (κ2) is 8.09. The molecule has 11 heteroatoms. The molecule has 0 N–H and O–H groups in total. The topological polar surface area (TPSA) is 94.8 Å². The molecule has 3 aromatic rings. The molecule has 30 heavy (non-hydrogen) atoms. The van der Waals surface area contributed by atoms with Crippen molar-refractivity contribution in [2.75, 3.05) is 26.8 Å². The fourth-order valence-electron chi connectivity index (χ4n) is 3.03. The van der Waals surface area contributed by atoms with Gasteiger partial charge < -0.3 is 14.0 Å². The summed E-state index contributed by atoms with van der Waals surface area (Å²) in [5.74, 6) is -1.33. The second-order valence-corrected chi connectivity index (χ2v) is 8.42. The van der Waals surface area contributed by atoms with Crippen LogP contribution in [-0.2, 0) is 14.8 Å². The SMILES string of the molecule is COc1cccc(-c2noc([C@H]3CN(S(=O)(=O)c4ccc(F)c(F)c4)CCO3)n2)c1. The van der Waals surface area contributed by atoms with Crippen LogP contribution in [0.4, 0.5) is 8.78 Å². The third-order valence-electron chi connectivity index (χ3n) is 4.60. The third-order valence-corrected chi connectivity index (χ3v) is 6.46. The highest BCUT2D eigenvalue weighted by Gasteiger charge is 2.34. The zero-order valence-corrected chi connectivity index (χ0v) is 16.6. The van der Waals surface area contributed by atoms with Gasteiger partial charge in [-0.3, -0.25) is 0 Å². The van der Waals surface area contributed by atoms with E-state index in [1.54, 1.807) is 31.4 Å². The molecule has 4 rings (SSSR count). The van der Waals surface area contributed by atoms with Crippen molar-refractivity contribution in [1.82, 2.24) is 14.4 Å². The van der Waals surface area contributed by atoms with E-state index in [1.807, 2.05) is 0 Å². The molecule has 0 radical (unpaired) electrons. The maximum Gasteiger partial charge on any atom is 0.257 e. The molecule has 2 aromatic carbocycles. The van der Waals surface area contributed by atoms with Gasteiger partial charge in [0.1, 0.15) is 5.75 Å². The van der Waals surface area contributed by atoms with Gasteiger partial charge in [-0.2, -0.15) is 9.29 Å². The van der Waals surface area contributed by atoms with E-state index in [4.69, 9.17) is 14.0 Å². The summed E-state index contributed by atoms with van der Waals surface area (Å²) in [7, 11) is -2.52. The van der Waals surface area contributed by atoms with Crippen LogP contribution >= 0.6 is 0 Å². The van der Waals surface area contributed by atoms with E-state index in [-0.39, 0.29) is 30.5 Å². The summed E-state index contributed by atoms with van der Waals surface area (Å²) in [4.78, 5) is 3.96. The fourth-order valence-corrected chi connectivity index (χ4v) is 4.46. The van der Waals surface area contributed by atoms with E-state index in [9.17, 15) is 17.2 Å². The van der Waals surface area contributed by atoms with Crippen LogP contribution in [0.2, 0.25) is 0 Å². The monoisotopic (exact) mass is 437 g/mol. The molecule has 1 saturated heterocycles. The first-order chi connectivity index (χ1) is 14.4. The highest BCUT2D eigenvalue weighted by atomic mass is 32.2. The first kappa shape index (κ1) is 20.4. The Bertz CT molecular complexity index is 1170.